The van der Waals surface area contributed by atoms with Crippen LogP contribution in [0.1, 0.15) is 55.4 Å². The lowest BCUT2D eigenvalue weighted by Crippen LogP contribution is -2.32. The third kappa shape index (κ3) is 3.65. The second-order valence-electron chi connectivity index (χ2n) is 6.95. The summed E-state index contributed by atoms with van der Waals surface area (Å²) in [5, 5.41) is 4.15. The maximum atomic E-state index is 5.37. The first kappa shape index (κ1) is 15.7. The molecule has 1 saturated heterocycles. The first-order valence-electron chi connectivity index (χ1n) is 8.98. The number of rotatable bonds is 5. The Labute approximate surface area is 142 Å². The van der Waals surface area contributed by atoms with Crippen molar-refractivity contribution in [1.82, 2.24) is 24.9 Å². The van der Waals surface area contributed by atoms with Gasteiger partial charge in [0.2, 0.25) is 5.89 Å². The molecule has 2 aromatic rings. The third-order valence-electron chi connectivity index (χ3n) is 5.11. The molecule has 0 unspecified atom stereocenters. The minimum atomic E-state index is 0.408. The van der Waals surface area contributed by atoms with E-state index in [-0.39, 0.29) is 0 Å². The number of pyridine rings is 1. The molecule has 0 aromatic carbocycles. The summed E-state index contributed by atoms with van der Waals surface area (Å²) in [7, 11) is 0. The second kappa shape index (κ2) is 6.99. The fraction of sp³-hybridized carbons (Fsp3) is 0.611. The van der Waals surface area contributed by atoms with Crippen LogP contribution in [0.2, 0.25) is 0 Å². The molecule has 2 fully saturated rings. The quantitative estimate of drug-likeness (QED) is 0.841. The standard InChI is InChI=1S/C18H25N5O/c1-14(16-4-2-7-19-12-16)23-9-3-8-22(10-11-23)13-17-20-18(24-21-17)15-5-6-15/h2,4,7,12,14-15H,3,5-6,8-11,13H2,1H3/t14-/m0/s1. The lowest BCUT2D eigenvalue weighted by Gasteiger charge is -2.27. The predicted octanol–water partition coefficient (Wildman–Crippen LogP) is 2.61. The minimum absolute atomic E-state index is 0.408. The van der Waals surface area contributed by atoms with E-state index < -0.39 is 0 Å². The number of hydrogen-bond acceptors (Lipinski definition) is 6. The van der Waals surface area contributed by atoms with Gasteiger partial charge in [0.25, 0.3) is 0 Å². The van der Waals surface area contributed by atoms with Gasteiger partial charge >= 0.3 is 0 Å². The lowest BCUT2D eigenvalue weighted by molar-refractivity contribution is 0.206. The van der Waals surface area contributed by atoms with Crippen LogP contribution in [0.4, 0.5) is 0 Å². The highest BCUT2D eigenvalue weighted by Gasteiger charge is 2.30. The molecule has 0 radical (unpaired) electrons. The van der Waals surface area contributed by atoms with Crippen LogP contribution in [0, 0.1) is 0 Å². The van der Waals surface area contributed by atoms with Crippen LogP contribution in [0.25, 0.3) is 0 Å². The van der Waals surface area contributed by atoms with Gasteiger partial charge in [-0.15, -0.1) is 0 Å². The molecule has 1 aliphatic carbocycles. The van der Waals surface area contributed by atoms with E-state index in [9.17, 15) is 0 Å². The Morgan fingerprint density at radius 2 is 2.17 bits per heavy atom. The number of hydrogen-bond donors (Lipinski definition) is 0. The molecule has 6 heteroatoms. The SMILES string of the molecule is C[C@@H](c1cccnc1)N1CCCN(Cc2noc(C3CC3)n2)CC1. The normalized spacial score (nSPS) is 21.5. The van der Waals surface area contributed by atoms with Crippen LogP contribution >= 0.6 is 0 Å². The molecule has 0 N–H and O–H groups in total. The van der Waals surface area contributed by atoms with Crippen molar-refractivity contribution in [2.75, 3.05) is 26.2 Å². The zero-order valence-electron chi connectivity index (χ0n) is 14.3. The summed E-state index contributed by atoms with van der Waals surface area (Å²) in [5.41, 5.74) is 1.29. The molecule has 128 valence electrons. The highest BCUT2D eigenvalue weighted by Crippen LogP contribution is 2.38. The van der Waals surface area contributed by atoms with Crippen molar-refractivity contribution in [1.29, 1.82) is 0 Å². The summed E-state index contributed by atoms with van der Waals surface area (Å²) >= 11 is 0. The van der Waals surface area contributed by atoms with Crippen molar-refractivity contribution in [3.05, 3.63) is 41.8 Å². The second-order valence-corrected chi connectivity index (χ2v) is 6.95. The topological polar surface area (TPSA) is 58.3 Å². The van der Waals surface area contributed by atoms with Crippen molar-refractivity contribution in [2.24, 2.45) is 0 Å². The average molecular weight is 327 g/mol. The van der Waals surface area contributed by atoms with Crippen molar-refractivity contribution < 1.29 is 4.52 Å². The Hall–Kier alpha value is -1.79. The molecule has 1 aliphatic heterocycles. The number of aromatic nitrogens is 3. The van der Waals surface area contributed by atoms with E-state index in [4.69, 9.17) is 4.52 Å². The van der Waals surface area contributed by atoms with E-state index >= 15 is 0 Å². The monoisotopic (exact) mass is 327 g/mol. The summed E-state index contributed by atoms with van der Waals surface area (Å²) < 4.78 is 5.37. The van der Waals surface area contributed by atoms with Crippen LogP contribution in [-0.4, -0.2) is 51.1 Å². The zero-order chi connectivity index (χ0) is 16.4. The van der Waals surface area contributed by atoms with Crippen LogP contribution in [0.3, 0.4) is 0 Å². The molecule has 1 atom stereocenters. The highest BCUT2D eigenvalue weighted by molar-refractivity contribution is 5.13. The summed E-state index contributed by atoms with van der Waals surface area (Å²) in [6.45, 7) is 7.37. The number of nitrogens with zero attached hydrogens (tertiary/aromatic N) is 5. The minimum Gasteiger partial charge on any atom is -0.339 e. The maximum Gasteiger partial charge on any atom is 0.229 e. The van der Waals surface area contributed by atoms with Crippen LogP contribution in [-0.2, 0) is 6.54 Å². The highest BCUT2D eigenvalue weighted by atomic mass is 16.5. The van der Waals surface area contributed by atoms with Gasteiger partial charge in [-0.05, 0) is 44.4 Å². The molecule has 2 aliphatic rings. The van der Waals surface area contributed by atoms with E-state index in [1.807, 2.05) is 18.5 Å². The van der Waals surface area contributed by atoms with Gasteiger partial charge in [0.05, 0.1) is 6.54 Å². The maximum absolute atomic E-state index is 5.37. The van der Waals surface area contributed by atoms with Crippen molar-refractivity contribution in [3.8, 4) is 0 Å². The van der Waals surface area contributed by atoms with Crippen LogP contribution in [0.15, 0.2) is 29.0 Å². The molecule has 6 nitrogen and oxygen atoms in total. The lowest BCUT2D eigenvalue weighted by atomic mass is 10.1. The van der Waals surface area contributed by atoms with E-state index in [2.05, 4.69) is 37.9 Å². The molecule has 4 rings (SSSR count). The fourth-order valence-electron chi connectivity index (χ4n) is 3.40. The van der Waals surface area contributed by atoms with Crippen molar-refractivity contribution in [3.63, 3.8) is 0 Å². The van der Waals surface area contributed by atoms with E-state index in [0.29, 0.717) is 12.0 Å². The van der Waals surface area contributed by atoms with Crippen molar-refractivity contribution >= 4 is 0 Å². The van der Waals surface area contributed by atoms with Gasteiger partial charge in [-0.3, -0.25) is 14.8 Å². The Bertz CT molecular complexity index is 654. The Morgan fingerprint density at radius 1 is 1.25 bits per heavy atom. The first-order valence-corrected chi connectivity index (χ1v) is 8.98. The molecule has 0 bridgehead atoms. The van der Waals surface area contributed by atoms with E-state index in [1.165, 1.54) is 18.4 Å². The third-order valence-corrected chi connectivity index (χ3v) is 5.11. The summed E-state index contributed by atoms with van der Waals surface area (Å²) in [6, 6.07) is 4.59. The van der Waals surface area contributed by atoms with Gasteiger partial charge in [0.1, 0.15) is 0 Å². The van der Waals surface area contributed by atoms with Crippen LogP contribution < -0.4 is 0 Å². The Morgan fingerprint density at radius 3 is 2.96 bits per heavy atom. The molecule has 2 aromatic heterocycles. The largest absolute Gasteiger partial charge is 0.339 e. The van der Waals surface area contributed by atoms with Crippen molar-refractivity contribution in [2.45, 2.75) is 44.7 Å². The fourth-order valence-corrected chi connectivity index (χ4v) is 3.40. The average Bonchev–Trinajstić information content (AvgIpc) is 3.40. The molecule has 24 heavy (non-hydrogen) atoms. The van der Waals surface area contributed by atoms with Gasteiger partial charge in [-0.25, -0.2) is 0 Å². The van der Waals surface area contributed by atoms with Gasteiger partial charge in [-0.1, -0.05) is 11.2 Å². The zero-order valence-corrected chi connectivity index (χ0v) is 14.3. The van der Waals surface area contributed by atoms with Gasteiger partial charge in [0.15, 0.2) is 5.82 Å². The van der Waals surface area contributed by atoms with Gasteiger partial charge in [-0.2, -0.15) is 4.98 Å². The Balaban J connectivity index is 1.33. The molecular formula is C18H25N5O. The van der Waals surface area contributed by atoms with Crippen LogP contribution in [0.5, 0.6) is 0 Å². The summed E-state index contributed by atoms with van der Waals surface area (Å²) in [6.07, 6.45) is 7.38. The summed E-state index contributed by atoms with van der Waals surface area (Å²) in [4.78, 5) is 13.8. The first-order chi connectivity index (χ1) is 11.8. The van der Waals surface area contributed by atoms with Gasteiger partial charge in [0, 0.05) is 44.0 Å². The molecule has 3 heterocycles. The van der Waals surface area contributed by atoms with Gasteiger partial charge < -0.3 is 4.52 Å². The Kier molecular flexibility index (Phi) is 4.58. The van der Waals surface area contributed by atoms with E-state index in [0.717, 1.165) is 50.9 Å². The molecule has 0 spiro atoms. The summed E-state index contributed by atoms with van der Waals surface area (Å²) in [5.74, 6) is 2.21. The molecular weight excluding hydrogens is 302 g/mol. The van der Waals surface area contributed by atoms with E-state index in [1.54, 1.807) is 0 Å². The smallest absolute Gasteiger partial charge is 0.229 e. The molecule has 0 amide bonds. The predicted molar refractivity (Wildman–Crippen MR) is 90.4 cm³/mol. The molecule has 1 saturated carbocycles.